The van der Waals surface area contributed by atoms with Crippen molar-refractivity contribution in [2.75, 3.05) is 27.2 Å². The Bertz CT molecular complexity index is 720. The summed E-state index contributed by atoms with van der Waals surface area (Å²) in [4.78, 5) is 26.1. The van der Waals surface area contributed by atoms with Crippen molar-refractivity contribution in [3.8, 4) is 0 Å². The topological polar surface area (TPSA) is 74.6 Å². The number of hydrogen-bond donors (Lipinski definition) is 2. The number of nitrogens with zero attached hydrogens (tertiary/aromatic N) is 1. The highest BCUT2D eigenvalue weighted by molar-refractivity contribution is 5.97. The van der Waals surface area contributed by atoms with Gasteiger partial charge < -0.3 is 20.0 Å². The number of hydrogen-bond acceptors (Lipinski definition) is 4. The Kier molecular flexibility index (Phi) is 6.36. The zero-order valence-electron chi connectivity index (χ0n) is 15.1. The van der Waals surface area contributed by atoms with Crippen LogP contribution < -0.4 is 10.6 Å². The highest BCUT2D eigenvalue weighted by Gasteiger charge is 2.16. The van der Waals surface area contributed by atoms with Gasteiger partial charge in [0.15, 0.2) is 0 Å². The van der Waals surface area contributed by atoms with Gasteiger partial charge in [-0.3, -0.25) is 9.59 Å². The molecule has 1 unspecified atom stereocenters. The molecule has 0 fully saturated rings. The maximum absolute atomic E-state index is 12.0. The summed E-state index contributed by atoms with van der Waals surface area (Å²) in [6, 6.07) is 9.89. The van der Waals surface area contributed by atoms with E-state index in [1.54, 1.807) is 13.0 Å². The van der Waals surface area contributed by atoms with Gasteiger partial charge >= 0.3 is 0 Å². The predicted molar refractivity (Wildman–Crippen MR) is 96.4 cm³/mol. The Hall–Kier alpha value is -2.60. The molecule has 0 saturated heterocycles. The van der Waals surface area contributed by atoms with Crippen LogP contribution in [0.5, 0.6) is 0 Å². The molecule has 0 aliphatic rings. The molecule has 0 bridgehead atoms. The van der Waals surface area contributed by atoms with Gasteiger partial charge in [0.2, 0.25) is 5.91 Å². The first-order valence-electron chi connectivity index (χ1n) is 8.20. The van der Waals surface area contributed by atoms with Crippen molar-refractivity contribution in [2.45, 2.75) is 19.9 Å². The zero-order valence-corrected chi connectivity index (χ0v) is 15.1. The van der Waals surface area contributed by atoms with Crippen molar-refractivity contribution >= 4 is 11.8 Å². The summed E-state index contributed by atoms with van der Waals surface area (Å²) in [5, 5.41) is 5.47. The first-order valence-corrected chi connectivity index (χ1v) is 8.20. The lowest BCUT2D eigenvalue weighted by atomic mass is 10.0. The molecular weight excluding hydrogens is 318 g/mol. The lowest BCUT2D eigenvalue weighted by Gasteiger charge is -2.25. The Morgan fingerprint density at radius 3 is 2.32 bits per heavy atom. The Morgan fingerprint density at radius 1 is 1.08 bits per heavy atom. The highest BCUT2D eigenvalue weighted by atomic mass is 16.3. The van der Waals surface area contributed by atoms with Crippen molar-refractivity contribution in [3.05, 3.63) is 59.0 Å². The van der Waals surface area contributed by atoms with Gasteiger partial charge in [-0.1, -0.05) is 29.8 Å². The number of carbonyl (C=O) groups excluding carboxylic acids is 2. The van der Waals surface area contributed by atoms with Crippen molar-refractivity contribution in [3.63, 3.8) is 0 Å². The third kappa shape index (κ3) is 5.19. The summed E-state index contributed by atoms with van der Waals surface area (Å²) in [5.74, 6) is -0.0116. The third-order valence-corrected chi connectivity index (χ3v) is 4.09. The van der Waals surface area contributed by atoms with Crippen LogP contribution in [0.3, 0.4) is 0 Å². The Labute approximate surface area is 148 Å². The first-order chi connectivity index (χ1) is 11.9. The van der Waals surface area contributed by atoms with Crippen LogP contribution in [0.25, 0.3) is 0 Å². The minimum absolute atomic E-state index is 0.0661. The highest BCUT2D eigenvalue weighted by Crippen LogP contribution is 2.17. The van der Waals surface area contributed by atoms with E-state index in [1.165, 1.54) is 11.8 Å². The van der Waals surface area contributed by atoms with Gasteiger partial charge in [-0.15, -0.1) is 0 Å². The number of furan rings is 1. The fourth-order valence-corrected chi connectivity index (χ4v) is 2.54. The largest absolute Gasteiger partial charge is 0.469 e. The van der Waals surface area contributed by atoms with Crippen LogP contribution in [0, 0.1) is 13.8 Å². The van der Waals surface area contributed by atoms with E-state index >= 15 is 0 Å². The summed E-state index contributed by atoms with van der Waals surface area (Å²) in [7, 11) is 3.94. The second-order valence-electron chi connectivity index (χ2n) is 6.27. The molecule has 6 nitrogen and oxygen atoms in total. The maximum atomic E-state index is 12.0. The minimum atomic E-state index is -0.316. The van der Waals surface area contributed by atoms with Gasteiger partial charge in [0, 0.05) is 6.54 Å². The van der Waals surface area contributed by atoms with E-state index in [0.29, 0.717) is 17.9 Å². The number of carbonyl (C=O) groups is 2. The number of aryl methyl sites for hydroxylation is 2. The summed E-state index contributed by atoms with van der Waals surface area (Å²) in [6.07, 6.45) is 1.45. The molecule has 2 N–H and O–H groups in total. The molecule has 2 aromatic rings. The monoisotopic (exact) mass is 343 g/mol. The molecule has 25 heavy (non-hydrogen) atoms. The summed E-state index contributed by atoms with van der Waals surface area (Å²) < 4.78 is 5.09. The molecular formula is C19H25N3O3. The van der Waals surface area contributed by atoms with E-state index < -0.39 is 0 Å². The SMILES string of the molecule is Cc1ccc(C(CNC(=O)CNC(=O)c2ccoc2C)N(C)C)cc1. The molecule has 1 aromatic carbocycles. The second-order valence-corrected chi connectivity index (χ2v) is 6.27. The van der Waals surface area contributed by atoms with E-state index in [-0.39, 0.29) is 24.4 Å². The quantitative estimate of drug-likeness (QED) is 0.807. The molecule has 1 aromatic heterocycles. The lowest BCUT2D eigenvalue weighted by Crippen LogP contribution is -2.40. The van der Waals surface area contributed by atoms with Gasteiger partial charge in [-0.05, 0) is 39.6 Å². The van der Waals surface area contributed by atoms with Crippen LogP contribution in [0.15, 0.2) is 41.0 Å². The molecule has 2 rings (SSSR count). The molecule has 6 heteroatoms. The number of benzene rings is 1. The number of nitrogens with one attached hydrogen (secondary N) is 2. The number of amides is 2. The molecule has 0 spiro atoms. The smallest absolute Gasteiger partial charge is 0.255 e. The van der Waals surface area contributed by atoms with Crippen LogP contribution in [-0.4, -0.2) is 43.9 Å². The molecule has 0 saturated carbocycles. The van der Waals surface area contributed by atoms with Crippen molar-refractivity contribution in [1.29, 1.82) is 0 Å². The molecule has 0 aliphatic heterocycles. The van der Waals surface area contributed by atoms with Gasteiger partial charge in [-0.25, -0.2) is 0 Å². The molecule has 1 atom stereocenters. The molecule has 0 aliphatic carbocycles. The number of likely N-dealkylation sites (N-methyl/N-ethyl adjacent to an activating group) is 1. The van der Waals surface area contributed by atoms with Gasteiger partial charge in [-0.2, -0.15) is 0 Å². The van der Waals surface area contributed by atoms with Crippen molar-refractivity contribution in [1.82, 2.24) is 15.5 Å². The van der Waals surface area contributed by atoms with E-state index in [4.69, 9.17) is 4.42 Å². The van der Waals surface area contributed by atoms with Gasteiger partial charge in [0.25, 0.3) is 5.91 Å². The van der Waals surface area contributed by atoms with Crippen molar-refractivity contribution in [2.24, 2.45) is 0 Å². The van der Waals surface area contributed by atoms with E-state index in [9.17, 15) is 9.59 Å². The van der Waals surface area contributed by atoms with Crippen LogP contribution >= 0.6 is 0 Å². The first kappa shape index (κ1) is 18.7. The van der Waals surface area contributed by atoms with Crippen LogP contribution in [0.2, 0.25) is 0 Å². The Balaban J connectivity index is 1.86. The number of rotatable bonds is 7. The fraction of sp³-hybridized carbons (Fsp3) is 0.368. The standard InChI is InChI=1S/C19H25N3O3/c1-13-5-7-15(8-6-13)17(22(3)4)11-20-18(23)12-21-19(24)16-9-10-25-14(16)2/h5-10,17H,11-12H2,1-4H3,(H,20,23)(H,21,24). The van der Waals surface area contributed by atoms with Gasteiger partial charge in [0.05, 0.1) is 24.4 Å². The lowest BCUT2D eigenvalue weighted by molar-refractivity contribution is -0.120. The predicted octanol–water partition coefficient (Wildman–Crippen LogP) is 2.05. The van der Waals surface area contributed by atoms with Crippen LogP contribution in [0.4, 0.5) is 0 Å². The zero-order chi connectivity index (χ0) is 18.4. The van der Waals surface area contributed by atoms with Crippen LogP contribution in [-0.2, 0) is 4.79 Å². The molecule has 0 radical (unpaired) electrons. The van der Waals surface area contributed by atoms with Crippen LogP contribution in [0.1, 0.15) is 33.3 Å². The fourth-order valence-electron chi connectivity index (χ4n) is 2.54. The van der Waals surface area contributed by atoms with Gasteiger partial charge in [0.1, 0.15) is 5.76 Å². The normalized spacial score (nSPS) is 12.0. The Morgan fingerprint density at radius 2 is 1.76 bits per heavy atom. The summed E-state index contributed by atoms with van der Waals surface area (Å²) in [6.45, 7) is 4.14. The molecule has 1 heterocycles. The van der Waals surface area contributed by atoms with E-state index in [2.05, 4.69) is 39.8 Å². The average Bonchev–Trinajstić information content (AvgIpc) is 3.00. The molecule has 134 valence electrons. The van der Waals surface area contributed by atoms with E-state index in [1.807, 2.05) is 21.0 Å². The van der Waals surface area contributed by atoms with Crippen molar-refractivity contribution < 1.29 is 14.0 Å². The molecule has 2 amide bonds. The second kappa shape index (κ2) is 8.48. The maximum Gasteiger partial charge on any atom is 0.255 e. The average molecular weight is 343 g/mol. The summed E-state index contributed by atoms with van der Waals surface area (Å²) in [5.41, 5.74) is 2.77. The minimum Gasteiger partial charge on any atom is -0.469 e. The van der Waals surface area contributed by atoms with E-state index in [0.717, 1.165) is 5.56 Å². The third-order valence-electron chi connectivity index (χ3n) is 4.09. The summed E-state index contributed by atoms with van der Waals surface area (Å²) >= 11 is 0.